The minimum atomic E-state index is -6.55. The highest BCUT2D eigenvalue weighted by Gasteiger charge is 2.82. The zero-order chi connectivity index (χ0) is 22.6. The largest absolute Gasteiger partial charge is 0.452 e. The first-order chi connectivity index (χ1) is 12.2. The van der Waals surface area contributed by atoms with Crippen LogP contribution in [-0.4, -0.2) is 53.0 Å². The van der Waals surface area contributed by atoms with Crippen molar-refractivity contribution in [2.45, 2.75) is 61.7 Å². The Morgan fingerprint density at radius 3 is 1.89 bits per heavy atom. The zero-order valence-corrected chi connectivity index (χ0v) is 13.5. The summed E-state index contributed by atoms with van der Waals surface area (Å²) in [5.74, 6) is -14.3. The molecule has 0 aromatic rings. The summed E-state index contributed by atoms with van der Waals surface area (Å²) in [5, 5.41) is 9.31. The van der Waals surface area contributed by atoms with Crippen molar-refractivity contribution in [3.8, 4) is 0 Å². The van der Waals surface area contributed by atoms with E-state index in [2.05, 4.69) is 16.1 Å². The molecule has 15 heteroatoms. The van der Waals surface area contributed by atoms with Crippen LogP contribution in [0.4, 0.5) is 48.3 Å². The molecule has 0 bridgehead atoms. The third-order valence-corrected chi connectivity index (χ3v) is 4.02. The van der Waals surface area contributed by atoms with Crippen molar-refractivity contribution in [1.82, 2.24) is 0 Å². The molecule has 3 unspecified atom stereocenters. The van der Waals surface area contributed by atoms with E-state index in [9.17, 15) is 58.2 Å². The van der Waals surface area contributed by atoms with Gasteiger partial charge in [-0.2, -0.15) is 48.3 Å². The lowest BCUT2D eigenvalue weighted by Gasteiger charge is -2.51. The van der Waals surface area contributed by atoms with Crippen LogP contribution in [0.1, 0.15) is 19.8 Å². The molecule has 4 nitrogen and oxygen atoms in total. The number of hydrogen-bond acceptors (Lipinski definition) is 4. The molecule has 0 spiro atoms. The van der Waals surface area contributed by atoms with Crippen molar-refractivity contribution in [2.24, 2.45) is 0 Å². The average Bonchev–Trinajstić information content (AvgIpc) is 2.47. The molecule has 1 rings (SSSR count). The van der Waals surface area contributed by atoms with Crippen LogP contribution >= 0.6 is 0 Å². The normalized spacial score (nSPS) is 31.4. The van der Waals surface area contributed by atoms with Crippen LogP contribution < -0.4 is 0 Å². The minimum absolute atomic E-state index is 0.557. The first kappa shape index (κ1) is 24.4. The van der Waals surface area contributed by atoms with Crippen molar-refractivity contribution >= 4 is 5.97 Å². The lowest BCUT2D eigenvalue weighted by atomic mass is 9.82. The van der Waals surface area contributed by atoms with Gasteiger partial charge in [0.15, 0.2) is 11.7 Å². The molecule has 1 aliphatic rings. The fourth-order valence-corrected chi connectivity index (χ4v) is 2.31. The van der Waals surface area contributed by atoms with Gasteiger partial charge in [0.25, 0.3) is 0 Å². The van der Waals surface area contributed by atoms with Gasteiger partial charge in [0.2, 0.25) is 0 Å². The summed E-state index contributed by atoms with van der Waals surface area (Å²) in [5.41, 5.74) is -6.57. The van der Waals surface area contributed by atoms with Crippen LogP contribution in [0.15, 0.2) is 12.2 Å². The Bertz CT molecular complexity index is 636. The molecule has 0 radical (unpaired) electrons. The summed E-state index contributed by atoms with van der Waals surface area (Å²) < 4.78 is 151. The quantitative estimate of drug-likeness (QED) is 0.409. The maximum absolute atomic E-state index is 14.2. The van der Waals surface area contributed by atoms with Crippen molar-refractivity contribution in [3.05, 3.63) is 12.2 Å². The van der Waals surface area contributed by atoms with Gasteiger partial charge in [0.1, 0.15) is 5.57 Å². The van der Waals surface area contributed by atoms with Gasteiger partial charge in [-0.25, -0.2) is 4.79 Å². The number of rotatable bonds is 3. The van der Waals surface area contributed by atoms with Crippen LogP contribution in [0.25, 0.3) is 0 Å². The Balaban J connectivity index is 3.53. The van der Waals surface area contributed by atoms with Gasteiger partial charge in [-0.05, 0) is 6.42 Å². The summed E-state index contributed by atoms with van der Waals surface area (Å²) in [6.07, 6.45) is -25.4. The second-order valence-electron chi connectivity index (χ2n) is 5.79. The number of esters is 1. The molecule has 1 N–H and O–H groups in total. The molecule has 0 aromatic heterocycles. The van der Waals surface area contributed by atoms with Gasteiger partial charge in [0.05, 0.1) is 0 Å². The van der Waals surface area contributed by atoms with Gasteiger partial charge in [-0.15, -0.1) is 0 Å². The fraction of sp³-hybridized carbons (Fsp3) is 0.769. The summed E-state index contributed by atoms with van der Waals surface area (Å²) in [6, 6.07) is 0. The molecular formula is C13H11F11O4. The van der Waals surface area contributed by atoms with Crippen LogP contribution in [-0.2, 0) is 14.3 Å². The van der Waals surface area contributed by atoms with Gasteiger partial charge >= 0.3 is 36.2 Å². The van der Waals surface area contributed by atoms with E-state index in [-0.39, 0.29) is 0 Å². The third-order valence-electron chi connectivity index (χ3n) is 4.02. The van der Waals surface area contributed by atoms with E-state index in [4.69, 9.17) is 0 Å². The highest BCUT2D eigenvalue weighted by molar-refractivity contribution is 5.89. The summed E-state index contributed by atoms with van der Waals surface area (Å²) in [7, 11) is 0. The standard InChI is InChI=1S/C13H11F11O4/c1-3-8(12(19,20)21)4-6(27-7(25)5(2)10(16,17)18)9(14,15)11(26,28-8)13(22,23)24/h6,26H,2-4H2,1H3. The van der Waals surface area contributed by atoms with E-state index in [0.717, 1.165) is 0 Å². The molecule has 1 saturated heterocycles. The highest BCUT2D eigenvalue weighted by atomic mass is 19.4. The van der Waals surface area contributed by atoms with Crippen molar-refractivity contribution < 1.29 is 67.7 Å². The minimum Gasteiger partial charge on any atom is -0.452 e. The topological polar surface area (TPSA) is 55.8 Å². The van der Waals surface area contributed by atoms with Gasteiger partial charge < -0.3 is 14.6 Å². The van der Waals surface area contributed by atoms with Gasteiger partial charge in [-0.1, -0.05) is 13.5 Å². The molecule has 1 heterocycles. The summed E-state index contributed by atoms with van der Waals surface area (Å²) >= 11 is 0. The number of carbonyl (C=O) groups is 1. The molecule has 0 saturated carbocycles. The second-order valence-corrected chi connectivity index (χ2v) is 5.79. The molecular weight excluding hydrogens is 429 g/mol. The lowest BCUT2D eigenvalue weighted by molar-refractivity contribution is -0.504. The molecule has 3 atom stereocenters. The number of carbonyl (C=O) groups excluding carboxylic acids is 1. The Kier molecular flexibility index (Phi) is 5.85. The number of aliphatic hydroxyl groups is 1. The molecule has 0 amide bonds. The Morgan fingerprint density at radius 1 is 1.11 bits per heavy atom. The van der Waals surface area contributed by atoms with E-state index in [1.54, 1.807) is 0 Å². The Morgan fingerprint density at radius 2 is 1.57 bits per heavy atom. The predicted molar refractivity (Wildman–Crippen MR) is 65.8 cm³/mol. The Hall–Kier alpha value is -1.64. The maximum Gasteiger partial charge on any atom is 0.449 e. The number of halogens is 11. The Labute approximate surface area is 148 Å². The fourth-order valence-electron chi connectivity index (χ4n) is 2.31. The molecule has 1 fully saturated rings. The highest BCUT2D eigenvalue weighted by Crippen LogP contribution is 2.57. The van der Waals surface area contributed by atoms with Crippen LogP contribution in [0.5, 0.6) is 0 Å². The molecule has 164 valence electrons. The van der Waals surface area contributed by atoms with Gasteiger partial charge in [-0.3, -0.25) is 0 Å². The summed E-state index contributed by atoms with van der Waals surface area (Å²) in [6.45, 7) is 2.70. The summed E-state index contributed by atoms with van der Waals surface area (Å²) in [4.78, 5) is 11.3. The van der Waals surface area contributed by atoms with Crippen molar-refractivity contribution in [3.63, 3.8) is 0 Å². The first-order valence-corrected chi connectivity index (χ1v) is 7.07. The first-order valence-electron chi connectivity index (χ1n) is 7.07. The van der Waals surface area contributed by atoms with Crippen LogP contribution in [0.2, 0.25) is 0 Å². The maximum atomic E-state index is 14.2. The van der Waals surface area contributed by atoms with E-state index in [1.165, 1.54) is 0 Å². The van der Waals surface area contributed by atoms with E-state index >= 15 is 0 Å². The molecule has 28 heavy (non-hydrogen) atoms. The monoisotopic (exact) mass is 440 g/mol. The van der Waals surface area contributed by atoms with Crippen LogP contribution in [0, 0.1) is 0 Å². The average molecular weight is 440 g/mol. The van der Waals surface area contributed by atoms with Gasteiger partial charge in [0, 0.05) is 6.42 Å². The lowest BCUT2D eigenvalue weighted by Crippen LogP contribution is -2.75. The SMILES string of the molecule is C=C(C(=O)OC1CC(CC)(C(F)(F)F)OC(O)(C(F)(F)F)C1(F)F)C(F)(F)F. The zero-order valence-electron chi connectivity index (χ0n) is 13.5. The second kappa shape index (κ2) is 6.71. The molecule has 1 aliphatic heterocycles. The molecule has 0 aromatic carbocycles. The third kappa shape index (κ3) is 3.77. The van der Waals surface area contributed by atoms with Crippen molar-refractivity contribution in [2.75, 3.05) is 0 Å². The van der Waals surface area contributed by atoms with E-state index in [0.29, 0.717) is 6.92 Å². The predicted octanol–water partition coefficient (Wildman–Crippen LogP) is 4.03. The number of alkyl halides is 11. The number of hydrogen-bond donors (Lipinski definition) is 1. The van der Waals surface area contributed by atoms with Crippen LogP contribution in [0.3, 0.4) is 0 Å². The van der Waals surface area contributed by atoms with Crippen molar-refractivity contribution in [1.29, 1.82) is 0 Å². The van der Waals surface area contributed by atoms with E-state index < -0.39 is 66.3 Å². The molecule has 0 aliphatic carbocycles. The number of ether oxygens (including phenoxy) is 2. The van der Waals surface area contributed by atoms with E-state index in [1.807, 2.05) is 0 Å². The smallest absolute Gasteiger partial charge is 0.449 e.